The molecule has 6 rings (SSSR count). The minimum atomic E-state index is -0.532. The molecule has 11 heteroatoms. The Balaban J connectivity index is 1.45. The van der Waals surface area contributed by atoms with Crippen molar-refractivity contribution in [2.24, 2.45) is 0 Å². The molecule has 1 aliphatic heterocycles. The molecule has 0 unspecified atom stereocenters. The van der Waals surface area contributed by atoms with E-state index in [1.165, 1.54) is 29.5 Å². The van der Waals surface area contributed by atoms with Crippen molar-refractivity contribution in [3.8, 4) is 6.07 Å². The standard InChI is InChI=1S/C29H23Cl2FN8/c1-2-40-14-16-4-3-5-20(22(16)15-40)29(26-13-35-39-38-26)37-19-8-21-27(36-18-6-7-25(32)23(30)9-18)17(11-33)12-34-28(21)24(31)10-19/h3-10,12-13,29,37H,2,14-15H2,1H3,(H,34,36)(H,35,38,39)/t29-/m0/s1. The summed E-state index contributed by atoms with van der Waals surface area (Å²) in [5, 5.41) is 28.8. The number of hydrogen-bond donors (Lipinski definition) is 3. The van der Waals surface area contributed by atoms with Crippen LogP contribution in [0.25, 0.3) is 10.9 Å². The number of anilines is 3. The number of nitrogens with one attached hydrogen (secondary N) is 3. The first-order chi connectivity index (χ1) is 19.4. The number of pyridine rings is 1. The van der Waals surface area contributed by atoms with Crippen LogP contribution < -0.4 is 10.6 Å². The number of rotatable bonds is 7. The minimum Gasteiger partial charge on any atom is -0.373 e. The predicted octanol–water partition coefficient (Wildman–Crippen LogP) is 6.95. The van der Waals surface area contributed by atoms with Gasteiger partial charge in [0.1, 0.15) is 17.6 Å². The molecule has 3 aromatic carbocycles. The van der Waals surface area contributed by atoms with Gasteiger partial charge in [0.2, 0.25) is 0 Å². The summed E-state index contributed by atoms with van der Waals surface area (Å²) in [6.45, 7) is 4.86. The monoisotopic (exact) mass is 572 g/mol. The molecule has 0 saturated carbocycles. The lowest BCUT2D eigenvalue weighted by molar-refractivity contribution is 0.300. The van der Waals surface area contributed by atoms with Gasteiger partial charge < -0.3 is 10.6 Å². The zero-order chi connectivity index (χ0) is 27.8. The molecular formula is C29H23Cl2FN8. The van der Waals surface area contributed by atoms with E-state index in [2.05, 4.69) is 67.1 Å². The summed E-state index contributed by atoms with van der Waals surface area (Å²) in [5.74, 6) is -0.532. The van der Waals surface area contributed by atoms with Gasteiger partial charge in [0.05, 0.1) is 32.9 Å². The van der Waals surface area contributed by atoms with Crippen LogP contribution in [0.5, 0.6) is 0 Å². The first-order valence-electron chi connectivity index (χ1n) is 12.7. The molecule has 0 saturated heterocycles. The molecule has 8 nitrogen and oxygen atoms in total. The Morgan fingerprint density at radius 3 is 2.73 bits per heavy atom. The number of aromatic nitrogens is 4. The van der Waals surface area contributed by atoms with Gasteiger partial charge >= 0.3 is 0 Å². The van der Waals surface area contributed by atoms with Crippen LogP contribution in [0.4, 0.5) is 21.5 Å². The number of hydrogen-bond acceptors (Lipinski definition) is 7. The van der Waals surface area contributed by atoms with Gasteiger partial charge in [-0.15, -0.1) is 5.10 Å². The van der Waals surface area contributed by atoms with Gasteiger partial charge in [0.15, 0.2) is 0 Å². The van der Waals surface area contributed by atoms with E-state index < -0.39 is 5.82 Å². The van der Waals surface area contributed by atoms with Crippen molar-refractivity contribution in [1.82, 2.24) is 25.3 Å². The number of fused-ring (bicyclic) bond motifs is 2. The maximum absolute atomic E-state index is 13.8. The maximum atomic E-state index is 13.8. The van der Waals surface area contributed by atoms with Crippen LogP contribution in [0.15, 0.2) is 60.9 Å². The van der Waals surface area contributed by atoms with E-state index in [-0.39, 0.29) is 11.1 Å². The lowest BCUT2D eigenvalue weighted by Crippen LogP contribution is -2.17. The van der Waals surface area contributed by atoms with Crippen LogP contribution in [0, 0.1) is 17.1 Å². The van der Waals surface area contributed by atoms with Crippen LogP contribution >= 0.6 is 23.2 Å². The number of benzene rings is 3. The van der Waals surface area contributed by atoms with Crippen molar-refractivity contribution in [3.63, 3.8) is 0 Å². The van der Waals surface area contributed by atoms with Crippen LogP contribution in [-0.4, -0.2) is 31.8 Å². The third-order valence-electron chi connectivity index (χ3n) is 7.12. The third kappa shape index (κ3) is 4.82. The average Bonchev–Trinajstić information content (AvgIpc) is 3.64. The molecule has 3 N–H and O–H groups in total. The second-order valence-electron chi connectivity index (χ2n) is 9.53. The van der Waals surface area contributed by atoms with E-state index in [1.54, 1.807) is 18.3 Å². The molecule has 200 valence electrons. The molecule has 40 heavy (non-hydrogen) atoms. The second-order valence-corrected chi connectivity index (χ2v) is 10.3. The van der Waals surface area contributed by atoms with E-state index in [1.807, 2.05) is 6.07 Å². The lowest BCUT2D eigenvalue weighted by Gasteiger charge is -2.22. The fourth-order valence-electron chi connectivity index (χ4n) is 5.12. The smallest absolute Gasteiger partial charge is 0.141 e. The Labute approximate surface area is 239 Å². The van der Waals surface area contributed by atoms with Crippen LogP contribution in [-0.2, 0) is 13.1 Å². The van der Waals surface area contributed by atoms with E-state index in [9.17, 15) is 9.65 Å². The van der Waals surface area contributed by atoms with Crippen LogP contribution in [0.2, 0.25) is 10.0 Å². The third-order valence-corrected chi connectivity index (χ3v) is 7.70. The van der Waals surface area contributed by atoms with E-state index in [0.29, 0.717) is 38.6 Å². The normalized spacial score (nSPS) is 13.7. The molecule has 0 aliphatic carbocycles. The van der Waals surface area contributed by atoms with Gasteiger partial charge in [-0.3, -0.25) is 15.0 Å². The van der Waals surface area contributed by atoms with Crippen molar-refractivity contribution in [1.29, 1.82) is 5.26 Å². The lowest BCUT2D eigenvalue weighted by atomic mass is 9.95. The summed E-state index contributed by atoms with van der Waals surface area (Å²) >= 11 is 12.7. The highest BCUT2D eigenvalue weighted by Gasteiger charge is 2.27. The SMILES string of the molecule is CCN1Cc2cccc([C@H](Nc3cc(Cl)c4ncc(C#N)c(Nc5ccc(F)c(Cl)c5)c4c3)c3c[nH]nn3)c2C1. The van der Waals surface area contributed by atoms with E-state index in [4.69, 9.17) is 23.2 Å². The van der Waals surface area contributed by atoms with Crippen molar-refractivity contribution in [2.75, 3.05) is 17.2 Å². The zero-order valence-electron chi connectivity index (χ0n) is 21.3. The summed E-state index contributed by atoms with van der Waals surface area (Å²) in [7, 11) is 0. The number of nitriles is 1. The Kier molecular flexibility index (Phi) is 6.98. The molecule has 0 spiro atoms. The number of aromatic amines is 1. The van der Waals surface area contributed by atoms with Gasteiger partial charge in [-0.1, -0.05) is 53.5 Å². The summed E-state index contributed by atoms with van der Waals surface area (Å²) in [5.41, 5.74) is 6.90. The van der Waals surface area contributed by atoms with Crippen molar-refractivity contribution in [2.45, 2.75) is 26.1 Å². The molecule has 1 atom stereocenters. The first-order valence-corrected chi connectivity index (χ1v) is 13.4. The molecule has 2 aromatic heterocycles. The summed E-state index contributed by atoms with van der Waals surface area (Å²) in [6.07, 6.45) is 3.23. The van der Waals surface area contributed by atoms with Gasteiger partial charge in [0, 0.05) is 42.2 Å². The van der Waals surface area contributed by atoms with E-state index in [0.717, 1.165) is 30.9 Å². The first kappa shape index (κ1) is 26.0. The predicted molar refractivity (Wildman–Crippen MR) is 154 cm³/mol. The van der Waals surface area contributed by atoms with Gasteiger partial charge in [0.25, 0.3) is 0 Å². The molecule has 0 amide bonds. The molecule has 0 fully saturated rings. The molecular weight excluding hydrogens is 550 g/mol. The largest absolute Gasteiger partial charge is 0.373 e. The Morgan fingerprint density at radius 1 is 1.12 bits per heavy atom. The van der Waals surface area contributed by atoms with Gasteiger partial charge in [-0.25, -0.2) is 4.39 Å². The highest BCUT2D eigenvalue weighted by Crippen LogP contribution is 2.38. The Morgan fingerprint density at radius 2 is 1.98 bits per heavy atom. The second kappa shape index (κ2) is 10.7. The Hall–Kier alpha value is -4.23. The quantitative estimate of drug-likeness (QED) is 0.194. The average molecular weight is 573 g/mol. The summed E-state index contributed by atoms with van der Waals surface area (Å²) in [6, 6.07) is 16.2. The van der Waals surface area contributed by atoms with Crippen molar-refractivity contribution >= 4 is 51.2 Å². The van der Waals surface area contributed by atoms with Crippen LogP contribution in [0.3, 0.4) is 0 Å². The topological polar surface area (TPSA) is 106 Å². The summed E-state index contributed by atoms with van der Waals surface area (Å²) < 4.78 is 13.8. The Bertz CT molecular complexity index is 1770. The molecule has 0 bridgehead atoms. The van der Waals surface area contributed by atoms with Gasteiger partial charge in [-0.05, 0) is 53.6 Å². The molecule has 5 aromatic rings. The maximum Gasteiger partial charge on any atom is 0.141 e. The number of nitrogens with zero attached hydrogens (tertiary/aromatic N) is 5. The highest BCUT2D eigenvalue weighted by molar-refractivity contribution is 6.36. The molecule has 0 radical (unpaired) electrons. The van der Waals surface area contributed by atoms with Crippen LogP contribution in [0.1, 0.15) is 40.9 Å². The minimum absolute atomic E-state index is 0.0326. The molecule has 1 aliphatic rings. The van der Waals surface area contributed by atoms with Crippen molar-refractivity contribution in [3.05, 3.63) is 105 Å². The molecule has 3 heterocycles. The van der Waals surface area contributed by atoms with Crippen molar-refractivity contribution < 1.29 is 4.39 Å². The fourth-order valence-corrected chi connectivity index (χ4v) is 5.57. The van der Waals surface area contributed by atoms with E-state index >= 15 is 0 Å². The number of halogens is 3. The zero-order valence-corrected chi connectivity index (χ0v) is 22.9. The van der Waals surface area contributed by atoms with Gasteiger partial charge in [-0.2, -0.15) is 5.26 Å². The highest BCUT2D eigenvalue weighted by atomic mass is 35.5. The summed E-state index contributed by atoms with van der Waals surface area (Å²) in [4.78, 5) is 6.82. The number of H-pyrrole nitrogens is 1. The fraction of sp³-hybridized carbons (Fsp3) is 0.172.